The molecule has 0 aliphatic carbocycles. The van der Waals surface area contributed by atoms with Crippen molar-refractivity contribution in [1.82, 2.24) is 10.3 Å². The summed E-state index contributed by atoms with van der Waals surface area (Å²) in [5, 5.41) is 15.4. The van der Waals surface area contributed by atoms with E-state index in [1.54, 1.807) is 17.4 Å². The number of amides is 1. The smallest absolute Gasteiger partial charge is 0.256 e. The van der Waals surface area contributed by atoms with Crippen LogP contribution < -0.4 is 10.9 Å². The van der Waals surface area contributed by atoms with E-state index in [-0.39, 0.29) is 30.0 Å². The molecule has 3 aromatic rings. The van der Waals surface area contributed by atoms with Crippen molar-refractivity contribution in [2.24, 2.45) is 0 Å². The number of hydrogen-bond donors (Lipinski definition) is 3. The average molecular weight is 340 g/mol. The summed E-state index contributed by atoms with van der Waals surface area (Å²) in [6.45, 7) is -0.0689. The molecule has 3 heterocycles. The molecule has 122 valence electrons. The summed E-state index contributed by atoms with van der Waals surface area (Å²) in [5.74, 6) is -0.414. The highest BCUT2D eigenvalue weighted by molar-refractivity contribution is 7.13. The van der Waals surface area contributed by atoms with Gasteiger partial charge in [0.25, 0.3) is 5.56 Å². The Kier molecular flexibility index (Phi) is 3.70. The third kappa shape index (κ3) is 2.53. The lowest BCUT2D eigenvalue weighted by Crippen LogP contribution is -2.28. The second-order valence-corrected chi connectivity index (χ2v) is 6.96. The van der Waals surface area contributed by atoms with Gasteiger partial charge in [-0.05, 0) is 40.9 Å². The van der Waals surface area contributed by atoms with Gasteiger partial charge in [0.15, 0.2) is 0 Å². The second-order valence-electron chi connectivity index (χ2n) is 6.01. The number of nitrogens with one attached hydrogen (secondary N) is 2. The number of fused-ring (bicyclic) bond motifs is 1. The van der Waals surface area contributed by atoms with Crippen molar-refractivity contribution < 1.29 is 9.90 Å². The predicted octanol–water partition coefficient (Wildman–Crippen LogP) is 2.22. The lowest BCUT2D eigenvalue weighted by molar-refractivity contribution is -0.120. The highest BCUT2D eigenvalue weighted by Gasteiger charge is 2.32. The van der Waals surface area contributed by atoms with E-state index in [9.17, 15) is 14.7 Å². The Balaban J connectivity index is 1.77. The fourth-order valence-electron chi connectivity index (χ4n) is 3.22. The van der Waals surface area contributed by atoms with Crippen molar-refractivity contribution in [3.05, 3.63) is 57.7 Å². The highest BCUT2D eigenvalue weighted by Crippen LogP contribution is 2.30. The molecule has 1 saturated heterocycles. The van der Waals surface area contributed by atoms with Gasteiger partial charge in [0.1, 0.15) is 0 Å². The Hall–Kier alpha value is -2.44. The Labute approximate surface area is 142 Å². The Morgan fingerprint density at radius 1 is 1.21 bits per heavy atom. The SMILES string of the molecule is O=C1NC(CO)C[C@@H]1c1ccc2cc(-c3cccs3)[nH]c(=O)c2c1. The van der Waals surface area contributed by atoms with Gasteiger partial charge in [-0.25, -0.2) is 0 Å². The first kappa shape index (κ1) is 15.1. The zero-order chi connectivity index (χ0) is 16.7. The molecule has 1 unspecified atom stereocenters. The van der Waals surface area contributed by atoms with Crippen LogP contribution >= 0.6 is 11.3 Å². The summed E-state index contributed by atoms with van der Waals surface area (Å²) in [5.41, 5.74) is 1.45. The van der Waals surface area contributed by atoms with Crippen molar-refractivity contribution in [3.63, 3.8) is 0 Å². The fraction of sp³-hybridized carbons (Fsp3) is 0.222. The van der Waals surface area contributed by atoms with E-state index >= 15 is 0 Å². The molecular weight excluding hydrogens is 324 g/mol. The van der Waals surface area contributed by atoms with Crippen molar-refractivity contribution in [2.45, 2.75) is 18.4 Å². The van der Waals surface area contributed by atoms with E-state index in [4.69, 9.17) is 0 Å². The Morgan fingerprint density at radius 3 is 2.79 bits per heavy atom. The molecule has 1 aliphatic rings. The van der Waals surface area contributed by atoms with Crippen LogP contribution in [-0.2, 0) is 4.79 Å². The number of H-pyrrole nitrogens is 1. The topological polar surface area (TPSA) is 82.2 Å². The molecule has 4 rings (SSSR count). The lowest BCUT2D eigenvalue weighted by Gasteiger charge is -2.09. The third-order valence-corrected chi connectivity index (χ3v) is 5.37. The molecule has 0 radical (unpaired) electrons. The second kappa shape index (κ2) is 5.89. The molecule has 1 amide bonds. The number of pyridine rings is 1. The molecule has 0 saturated carbocycles. The van der Waals surface area contributed by atoms with Crippen molar-refractivity contribution in [1.29, 1.82) is 0 Å². The summed E-state index contributed by atoms with van der Waals surface area (Å²) in [7, 11) is 0. The number of hydrogen-bond acceptors (Lipinski definition) is 4. The van der Waals surface area contributed by atoms with Crippen molar-refractivity contribution in [2.75, 3.05) is 6.61 Å². The number of carbonyl (C=O) groups is 1. The maximum Gasteiger partial charge on any atom is 0.256 e. The monoisotopic (exact) mass is 340 g/mol. The van der Waals surface area contributed by atoms with Crippen LogP contribution in [0.15, 0.2) is 46.6 Å². The van der Waals surface area contributed by atoms with Crippen LogP contribution in [0, 0.1) is 0 Å². The van der Waals surface area contributed by atoms with Crippen molar-refractivity contribution >= 4 is 28.0 Å². The number of carbonyl (C=O) groups excluding carboxylic acids is 1. The van der Waals surface area contributed by atoms with Gasteiger partial charge in [0.2, 0.25) is 5.91 Å². The molecule has 1 aromatic carbocycles. The third-order valence-electron chi connectivity index (χ3n) is 4.46. The van der Waals surface area contributed by atoms with Crippen LogP contribution in [0.5, 0.6) is 0 Å². The minimum atomic E-state index is -0.317. The summed E-state index contributed by atoms with van der Waals surface area (Å²) >= 11 is 1.57. The molecule has 2 aromatic heterocycles. The number of aliphatic hydroxyl groups is 1. The van der Waals surface area contributed by atoms with Gasteiger partial charge in [-0.15, -0.1) is 11.3 Å². The van der Waals surface area contributed by atoms with E-state index in [1.165, 1.54) is 0 Å². The maximum atomic E-state index is 12.5. The molecule has 6 heteroatoms. The van der Waals surface area contributed by atoms with E-state index in [0.717, 1.165) is 21.5 Å². The van der Waals surface area contributed by atoms with Gasteiger partial charge in [-0.3, -0.25) is 9.59 Å². The van der Waals surface area contributed by atoms with Crippen LogP contribution in [0.2, 0.25) is 0 Å². The molecule has 3 N–H and O–H groups in total. The van der Waals surface area contributed by atoms with Gasteiger partial charge < -0.3 is 15.4 Å². The quantitative estimate of drug-likeness (QED) is 0.684. The van der Waals surface area contributed by atoms with Crippen molar-refractivity contribution in [3.8, 4) is 10.6 Å². The van der Waals surface area contributed by atoms with Gasteiger partial charge in [0.05, 0.1) is 29.1 Å². The zero-order valence-corrected chi connectivity index (χ0v) is 13.6. The van der Waals surface area contributed by atoms with Gasteiger partial charge in [-0.1, -0.05) is 18.2 Å². The summed E-state index contributed by atoms with van der Waals surface area (Å²) < 4.78 is 0. The number of aromatic nitrogens is 1. The zero-order valence-electron chi connectivity index (χ0n) is 12.8. The first-order valence-corrected chi connectivity index (χ1v) is 8.66. The normalized spacial score (nSPS) is 20.5. The van der Waals surface area contributed by atoms with Crippen LogP contribution in [0.3, 0.4) is 0 Å². The maximum absolute atomic E-state index is 12.5. The van der Waals surface area contributed by atoms with Crippen LogP contribution in [0.1, 0.15) is 17.9 Å². The van der Waals surface area contributed by atoms with E-state index in [1.807, 2.05) is 35.7 Å². The summed E-state index contributed by atoms with van der Waals surface area (Å²) in [4.78, 5) is 28.5. The number of benzene rings is 1. The Morgan fingerprint density at radius 2 is 2.08 bits per heavy atom. The lowest BCUT2D eigenvalue weighted by atomic mass is 9.94. The van der Waals surface area contributed by atoms with Crippen LogP contribution in [0.25, 0.3) is 21.3 Å². The predicted molar refractivity (Wildman–Crippen MR) is 94.3 cm³/mol. The minimum Gasteiger partial charge on any atom is -0.394 e. The molecule has 1 aliphatic heterocycles. The standard InChI is InChI=1S/C18H16N2O3S/c21-9-12-8-14(17(22)19-12)10-3-4-11-7-15(16-2-1-5-24-16)20-18(23)13(11)6-10/h1-7,12,14,21H,8-9H2,(H,19,22)(H,20,23)/t12?,14-/m1/s1. The number of aromatic amines is 1. The van der Waals surface area contributed by atoms with Gasteiger partial charge in [-0.2, -0.15) is 0 Å². The summed E-state index contributed by atoms with van der Waals surface area (Å²) in [6.07, 6.45) is 0.548. The highest BCUT2D eigenvalue weighted by atomic mass is 32.1. The van der Waals surface area contributed by atoms with E-state index in [2.05, 4.69) is 10.3 Å². The molecular formula is C18H16N2O3S. The molecule has 0 bridgehead atoms. The molecule has 2 atom stereocenters. The first-order chi connectivity index (χ1) is 11.7. The Bertz CT molecular complexity index is 962. The minimum absolute atomic E-state index is 0.0689. The van der Waals surface area contributed by atoms with E-state index < -0.39 is 0 Å². The first-order valence-electron chi connectivity index (χ1n) is 7.78. The number of thiophene rings is 1. The van der Waals surface area contributed by atoms with Gasteiger partial charge >= 0.3 is 0 Å². The summed E-state index contributed by atoms with van der Waals surface area (Å²) in [6, 6.07) is 11.2. The molecule has 0 spiro atoms. The fourth-order valence-corrected chi connectivity index (χ4v) is 3.92. The average Bonchev–Trinajstić information content (AvgIpc) is 3.24. The molecule has 24 heavy (non-hydrogen) atoms. The van der Waals surface area contributed by atoms with E-state index in [0.29, 0.717) is 11.8 Å². The van der Waals surface area contributed by atoms with Gasteiger partial charge in [0, 0.05) is 5.39 Å². The van der Waals surface area contributed by atoms with Crippen LogP contribution in [-0.4, -0.2) is 28.6 Å². The largest absolute Gasteiger partial charge is 0.394 e. The molecule has 1 fully saturated rings. The number of aliphatic hydroxyl groups excluding tert-OH is 1. The number of rotatable bonds is 3. The van der Waals surface area contributed by atoms with Crippen LogP contribution in [0.4, 0.5) is 0 Å². The molecule has 5 nitrogen and oxygen atoms in total.